The first-order chi connectivity index (χ1) is 12.5. The lowest BCUT2D eigenvalue weighted by Gasteiger charge is -2.49. The first kappa shape index (κ1) is 17.0. The molecule has 5 nitrogen and oxygen atoms in total. The molecule has 0 saturated carbocycles. The van der Waals surface area contributed by atoms with Gasteiger partial charge in [0.25, 0.3) is 5.91 Å². The molecule has 2 atom stereocenters. The van der Waals surface area contributed by atoms with Crippen molar-refractivity contribution in [3.05, 3.63) is 47.7 Å². The monoisotopic (exact) mass is 352 g/mol. The summed E-state index contributed by atoms with van der Waals surface area (Å²) in [6.45, 7) is 6.01. The Morgan fingerprint density at radius 2 is 1.77 bits per heavy atom. The molecule has 0 spiro atoms. The van der Waals surface area contributed by atoms with E-state index in [1.807, 2.05) is 12.1 Å². The van der Waals surface area contributed by atoms with E-state index in [9.17, 15) is 9.59 Å². The molecule has 5 rings (SSSR count). The topological polar surface area (TPSA) is 62.6 Å². The number of hydrogen-bond acceptors (Lipinski definition) is 4. The number of piperidine rings is 3. The van der Waals surface area contributed by atoms with Crippen LogP contribution in [0.1, 0.15) is 47.6 Å². The summed E-state index contributed by atoms with van der Waals surface area (Å²) in [6, 6.07) is 11.3. The van der Waals surface area contributed by atoms with Crippen molar-refractivity contribution in [3.63, 3.8) is 0 Å². The van der Waals surface area contributed by atoms with Gasteiger partial charge in [-0.25, -0.2) is 0 Å². The summed E-state index contributed by atoms with van der Waals surface area (Å²) in [5, 5.41) is 3.19. The fourth-order valence-electron chi connectivity index (χ4n) is 4.25. The summed E-state index contributed by atoms with van der Waals surface area (Å²) in [7, 11) is 0. The van der Waals surface area contributed by atoms with E-state index in [-0.39, 0.29) is 17.7 Å². The van der Waals surface area contributed by atoms with Crippen LogP contribution in [0.15, 0.2) is 40.8 Å². The van der Waals surface area contributed by atoms with Gasteiger partial charge in [-0.3, -0.25) is 14.5 Å². The quantitative estimate of drug-likeness (QED) is 0.857. The van der Waals surface area contributed by atoms with Crippen LogP contribution in [0.4, 0.5) is 0 Å². The molecule has 3 aliphatic heterocycles. The number of benzene rings is 1. The van der Waals surface area contributed by atoms with E-state index in [0.29, 0.717) is 29.0 Å². The Bertz CT molecular complexity index is 814. The molecular weight excluding hydrogens is 328 g/mol. The average molecular weight is 352 g/mol. The van der Waals surface area contributed by atoms with Gasteiger partial charge in [-0.05, 0) is 57.8 Å². The van der Waals surface area contributed by atoms with Crippen LogP contribution in [0.2, 0.25) is 0 Å². The van der Waals surface area contributed by atoms with Crippen LogP contribution >= 0.6 is 0 Å². The second kappa shape index (κ2) is 6.72. The van der Waals surface area contributed by atoms with E-state index >= 15 is 0 Å². The molecular formula is C21H24N2O3. The van der Waals surface area contributed by atoms with E-state index < -0.39 is 0 Å². The minimum atomic E-state index is -0.151. The maximum Gasteiger partial charge on any atom is 0.287 e. The molecule has 26 heavy (non-hydrogen) atoms. The van der Waals surface area contributed by atoms with Gasteiger partial charge in [0.05, 0.1) is 0 Å². The molecule has 4 heterocycles. The van der Waals surface area contributed by atoms with Crippen LogP contribution < -0.4 is 5.32 Å². The molecule has 0 aliphatic carbocycles. The Labute approximate surface area is 153 Å². The number of fused-ring (bicyclic) bond motifs is 3. The van der Waals surface area contributed by atoms with Crippen LogP contribution in [-0.2, 0) is 0 Å². The zero-order chi connectivity index (χ0) is 18.3. The van der Waals surface area contributed by atoms with E-state index in [0.717, 1.165) is 31.5 Å². The normalized spacial score (nSPS) is 27.3. The van der Waals surface area contributed by atoms with Crippen molar-refractivity contribution in [1.82, 2.24) is 10.2 Å². The Morgan fingerprint density at radius 3 is 2.38 bits per heavy atom. The fourth-order valence-corrected chi connectivity index (χ4v) is 4.25. The molecule has 3 aliphatic rings. The second-order valence-corrected chi connectivity index (χ2v) is 7.41. The molecule has 0 unspecified atom stereocenters. The zero-order valence-corrected chi connectivity index (χ0v) is 15.2. The SMILES string of the molecule is CC(=O)c1ccc(-c2ccc(C(=O)N[C@@H]3C4CCN(CC4)[C@H]3C)o2)cc1. The van der Waals surface area contributed by atoms with Crippen molar-refractivity contribution in [3.8, 4) is 11.3 Å². The highest BCUT2D eigenvalue weighted by Crippen LogP contribution is 2.32. The summed E-state index contributed by atoms with van der Waals surface area (Å²) in [5.41, 5.74) is 1.51. The van der Waals surface area contributed by atoms with Gasteiger partial charge in [-0.1, -0.05) is 24.3 Å². The van der Waals surface area contributed by atoms with Gasteiger partial charge < -0.3 is 9.73 Å². The Balaban J connectivity index is 1.47. The summed E-state index contributed by atoms with van der Waals surface area (Å²) >= 11 is 0. The third kappa shape index (κ3) is 3.07. The number of ketones is 1. The Hall–Kier alpha value is -2.40. The largest absolute Gasteiger partial charge is 0.451 e. The highest BCUT2D eigenvalue weighted by molar-refractivity contribution is 5.94. The molecule has 1 aromatic heterocycles. The lowest BCUT2D eigenvalue weighted by molar-refractivity contribution is 0.0211. The standard InChI is InChI=1S/C21H24N2O3/c1-13-20(17-9-11-23(13)12-10-17)22-21(25)19-8-7-18(26-19)16-5-3-15(4-6-16)14(2)24/h3-8,13,17,20H,9-12H2,1-2H3,(H,22,25)/t13-,20-/m0/s1. The number of carbonyl (C=O) groups excluding carboxylic acids is 2. The lowest BCUT2D eigenvalue weighted by Crippen LogP contribution is -2.62. The first-order valence-electron chi connectivity index (χ1n) is 9.29. The third-order valence-corrected chi connectivity index (χ3v) is 5.88. The minimum Gasteiger partial charge on any atom is -0.451 e. The molecule has 1 N–H and O–H groups in total. The van der Waals surface area contributed by atoms with Gasteiger partial charge in [0.1, 0.15) is 5.76 Å². The molecule has 5 heteroatoms. The van der Waals surface area contributed by atoms with E-state index in [2.05, 4.69) is 17.1 Å². The van der Waals surface area contributed by atoms with Crippen molar-refractivity contribution < 1.29 is 14.0 Å². The number of rotatable bonds is 4. The highest BCUT2D eigenvalue weighted by Gasteiger charge is 2.40. The number of nitrogens with zero attached hydrogens (tertiary/aromatic N) is 1. The van der Waals surface area contributed by atoms with Crippen LogP contribution in [0.25, 0.3) is 11.3 Å². The molecule has 3 fully saturated rings. The van der Waals surface area contributed by atoms with Gasteiger partial charge in [0.2, 0.25) is 0 Å². The molecule has 1 aromatic carbocycles. The summed E-state index contributed by atoms with van der Waals surface area (Å²) in [5.74, 6) is 1.41. The second-order valence-electron chi connectivity index (χ2n) is 7.41. The average Bonchev–Trinajstić information content (AvgIpc) is 3.15. The van der Waals surface area contributed by atoms with Crippen LogP contribution in [0.3, 0.4) is 0 Å². The number of furan rings is 1. The molecule has 1 amide bonds. The summed E-state index contributed by atoms with van der Waals surface area (Å²) in [6.07, 6.45) is 2.31. The highest BCUT2D eigenvalue weighted by atomic mass is 16.3. The van der Waals surface area contributed by atoms with E-state index in [4.69, 9.17) is 4.42 Å². The van der Waals surface area contributed by atoms with Crippen molar-refractivity contribution in [2.75, 3.05) is 13.1 Å². The van der Waals surface area contributed by atoms with Crippen LogP contribution in [0, 0.1) is 5.92 Å². The number of nitrogens with one attached hydrogen (secondary N) is 1. The van der Waals surface area contributed by atoms with Gasteiger partial charge in [0.15, 0.2) is 11.5 Å². The maximum atomic E-state index is 12.7. The minimum absolute atomic E-state index is 0.0303. The number of amides is 1. The molecule has 2 aromatic rings. The summed E-state index contributed by atoms with van der Waals surface area (Å²) in [4.78, 5) is 26.5. The zero-order valence-electron chi connectivity index (χ0n) is 15.2. The van der Waals surface area contributed by atoms with E-state index in [1.165, 1.54) is 0 Å². The van der Waals surface area contributed by atoms with Crippen molar-refractivity contribution in [2.45, 2.75) is 38.8 Å². The maximum absolute atomic E-state index is 12.7. The Kier molecular flexibility index (Phi) is 4.41. The predicted molar refractivity (Wildman–Crippen MR) is 99.2 cm³/mol. The lowest BCUT2D eigenvalue weighted by atomic mass is 9.79. The third-order valence-electron chi connectivity index (χ3n) is 5.88. The van der Waals surface area contributed by atoms with Crippen molar-refractivity contribution in [2.24, 2.45) is 5.92 Å². The number of Topliss-reactive ketones (excluding diaryl/α,β-unsaturated/α-hetero) is 1. The first-order valence-corrected chi connectivity index (χ1v) is 9.29. The smallest absolute Gasteiger partial charge is 0.287 e. The summed E-state index contributed by atoms with van der Waals surface area (Å²) < 4.78 is 5.78. The van der Waals surface area contributed by atoms with Gasteiger partial charge in [-0.2, -0.15) is 0 Å². The Morgan fingerprint density at radius 1 is 1.08 bits per heavy atom. The number of hydrogen-bond donors (Lipinski definition) is 1. The molecule has 0 radical (unpaired) electrons. The molecule has 2 bridgehead atoms. The van der Waals surface area contributed by atoms with E-state index in [1.54, 1.807) is 31.2 Å². The molecule has 136 valence electrons. The molecule has 3 saturated heterocycles. The van der Waals surface area contributed by atoms with Crippen LogP contribution in [0.5, 0.6) is 0 Å². The number of carbonyl (C=O) groups is 2. The van der Waals surface area contributed by atoms with Gasteiger partial charge in [-0.15, -0.1) is 0 Å². The van der Waals surface area contributed by atoms with Gasteiger partial charge >= 0.3 is 0 Å². The fraction of sp³-hybridized carbons (Fsp3) is 0.429. The van der Waals surface area contributed by atoms with Crippen LogP contribution in [-0.4, -0.2) is 41.8 Å². The van der Waals surface area contributed by atoms with Crippen molar-refractivity contribution >= 4 is 11.7 Å². The van der Waals surface area contributed by atoms with Gasteiger partial charge in [0, 0.05) is 23.2 Å². The van der Waals surface area contributed by atoms with Crippen molar-refractivity contribution in [1.29, 1.82) is 0 Å². The predicted octanol–water partition coefficient (Wildman–Crippen LogP) is 3.36.